The van der Waals surface area contributed by atoms with Gasteiger partial charge in [0.1, 0.15) is 0 Å². The highest BCUT2D eigenvalue weighted by molar-refractivity contribution is 5.93. The summed E-state index contributed by atoms with van der Waals surface area (Å²) in [4.78, 5) is 15.7. The lowest BCUT2D eigenvalue weighted by Gasteiger charge is -2.05. The summed E-state index contributed by atoms with van der Waals surface area (Å²) in [6, 6.07) is 12.0. The molecule has 0 unspecified atom stereocenters. The van der Waals surface area contributed by atoms with Gasteiger partial charge >= 0.3 is 0 Å². The smallest absolute Gasteiger partial charge is 0.252 e. The summed E-state index contributed by atoms with van der Waals surface area (Å²) in [7, 11) is 0. The van der Waals surface area contributed by atoms with Gasteiger partial charge in [-0.15, -0.1) is 0 Å². The van der Waals surface area contributed by atoms with Gasteiger partial charge in [-0.25, -0.2) is 0 Å². The fourth-order valence-electron chi connectivity index (χ4n) is 1.86. The Labute approximate surface area is 113 Å². The van der Waals surface area contributed by atoms with Crippen molar-refractivity contribution in [1.29, 1.82) is 0 Å². The van der Waals surface area contributed by atoms with E-state index in [2.05, 4.69) is 41.5 Å². The van der Waals surface area contributed by atoms with E-state index in [-0.39, 0.29) is 5.91 Å². The Hall–Kier alpha value is -2.16. The fraction of sp³-hybridized carbons (Fsp3) is 0.250. The van der Waals surface area contributed by atoms with Crippen molar-refractivity contribution in [3.05, 3.63) is 65.5 Å². The first-order chi connectivity index (χ1) is 9.29. The molecule has 0 saturated carbocycles. The molecule has 0 aliphatic rings. The summed E-state index contributed by atoms with van der Waals surface area (Å²) in [6.45, 7) is 2.78. The lowest BCUT2D eigenvalue weighted by molar-refractivity contribution is 0.0954. The summed E-state index contributed by atoms with van der Waals surface area (Å²) < 4.78 is 0. The minimum atomic E-state index is -0.0710. The van der Waals surface area contributed by atoms with Crippen LogP contribution in [0.3, 0.4) is 0 Å². The SMILES string of the molecule is CCc1ccc(CCNC(=O)c2cccnc2)cc1. The first kappa shape index (κ1) is 13.3. The molecule has 1 heterocycles. The second-order valence-corrected chi connectivity index (χ2v) is 4.42. The van der Waals surface area contributed by atoms with Crippen molar-refractivity contribution < 1.29 is 4.79 Å². The highest BCUT2D eigenvalue weighted by Gasteiger charge is 2.03. The van der Waals surface area contributed by atoms with Gasteiger partial charge in [-0.1, -0.05) is 31.2 Å². The number of hydrogen-bond donors (Lipinski definition) is 1. The van der Waals surface area contributed by atoms with Crippen LogP contribution in [0.5, 0.6) is 0 Å². The monoisotopic (exact) mass is 254 g/mol. The Morgan fingerprint density at radius 2 is 1.89 bits per heavy atom. The summed E-state index contributed by atoms with van der Waals surface area (Å²) in [6.07, 6.45) is 5.13. The Balaban J connectivity index is 1.81. The number of rotatable bonds is 5. The molecule has 0 aliphatic heterocycles. The lowest BCUT2D eigenvalue weighted by atomic mass is 10.1. The standard InChI is InChI=1S/C16H18N2O/c1-2-13-5-7-14(8-6-13)9-11-18-16(19)15-4-3-10-17-12-15/h3-8,10,12H,2,9,11H2,1H3,(H,18,19). The zero-order valence-corrected chi connectivity index (χ0v) is 11.1. The van der Waals surface area contributed by atoms with E-state index in [1.807, 2.05) is 0 Å². The molecule has 0 fully saturated rings. The predicted molar refractivity (Wildman–Crippen MR) is 76.1 cm³/mol. The third-order valence-electron chi connectivity index (χ3n) is 3.05. The average Bonchev–Trinajstić information content (AvgIpc) is 2.49. The molecule has 0 atom stereocenters. The van der Waals surface area contributed by atoms with Crippen LogP contribution in [0.15, 0.2) is 48.8 Å². The Morgan fingerprint density at radius 3 is 2.53 bits per heavy atom. The van der Waals surface area contributed by atoms with Crippen LogP contribution < -0.4 is 5.32 Å². The molecule has 3 nitrogen and oxygen atoms in total. The van der Waals surface area contributed by atoms with Gasteiger partial charge in [-0.05, 0) is 36.1 Å². The van der Waals surface area contributed by atoms with Crippen molar-refractivity contribution in [1.82, 2.24) is 10.3 Å². The molecule has 1 amide bonds. The molecule has 2 aromatic rings. The molecule has 1 aromatic heterocycles. The predicted octanol–water partition coefficient (Wildman–Crippen LogP) is 2.62. The normalized spacial score (nSPS) is 10.2. The highest BCUT2D eigenvalue weighted by Crippen LogP contribution is 2.05. The quantitative estimate of drug-likeness (QED) is 0.891. The van der Waals surface area contributed by atoms with Crippen molar-refractivity contribution >= 4 is 5.91 Å². The average molecular weight is 254 g/mol. The van der Waals surface area contributed by atoms with E-state index in [4.69, 9.17) is 0 Å². The van der Waals surface area contributed by atoms with E-state index < -0.39 is 0 Å². The van der Waals surface area contributed by atoms with E-state index in [9.17, 15) is 4.79 Å². The first-order valence-electron chi connectivity index (χ1n) is 6.55. The molecule has 98 valence electrons. The van der Waals surface area contributed by atoms with Crippen molar-refractivity contribution in [3.63, 3.8) is 0 Å². The zero-order chi connectivity index (χ0) is 13.5. The summed E-state index contributed by atoms with van der Waals surface area (Å²) >= 11 is 0. The number of carbonyl (C=O) groups excluding carboxylic acids is 1. The number of hydrogen-bond acceptors (Lipinski definition) is 2. The Bertz CT molecular complexity index is 520. The second-order valence-electron chi connectivity index (χ2n) is 4.42. The highest BCUT2D eigenvalue weighted by atomic mass is 16.1. The van der Waals surface area contributed by atoms with Gasteiger partial charge in [-0.3, -0.25) is 9.78 Å². The van der Waals surface area contributed by atoms with E-state index >= 15 is 0 Å². The molecular formula is C16H18N2O. The van der Waals surface area contributed by atoms with Gasteiger partial charge in [0.05, 0.1) is 5.56 Å². The zero-order valence-electron chi connectivity index (χ0n) is 11.1. The van der Waals surface area contributed by atoms with Gasteiger partial charge in [0.2, 0.25) is 0 Å². The molecule has 3 heteroatoms. The fourth-order valence-corrected chi connectivity index (χ4v) is 1.86. The van der Waals surface area contributed by atoms with Crippen LogP contribution in [0.4, 0.5) is 0 Å². The van der Waals surface area contributed by atoms with Gasteiger partial charge < -0.3 is 5.32 Å². The Kier molecular flexibility index (Phi) is 4.67. The van der Waals surface area contributed by atoms with Crippen molar-refractivity contribution in [3.8, 4) is 0 Å². The molecule has 0 bridgehead atoms. The van der Waals surface area contributed by atoms with Crippen molar-refractivity contribution in [2.24, 2.45) is 0 Å². The second kappa shape index (κ2) is 6.69. The van der Waals surface area contributed by atoms with Crippen molar-refractivity contribution in [2.45, 2.75) is 19.8 Å². The number of aromatic nitrogens is 1. The van der Waals surface area contributed by atoms with Crippen LogP contribution in [0.1, 0.15) is 28.4 Å². The van der Waals surface area contributed by atoms with E-state index in [0.29, 0.717) is 12.1 Å². The van der Waals surface area contributed by atoms with Gasteiger partial charge in [-0.2, -0.15) is 0 Å². The van der Waals surface area contributed by atoms with Gasteiger partial charge in [0, 0.05) is 18.9 Å². The number of pyridine rings is 1. The number of carbonyl (C=O) groups is 1. The minimum Gasteiger partial charge on any atom is -0.352 e. The molecule has 2 rings (SSSR count). The van der Waals surface area contributed by atoms with Crippen LogP contribution in [-0.2, 0) is 12.8 Å². The van der Waals surface area contributed by atoms with Crippen LogP contribution in [-0.4, -0.2) is 17.4 Å². The maximum Gasteiger partial charge on any atom is 0.252 e. The molecule has 0 saturated heterocycles. The van der Waals surface area contributed by atoms with E-state index in [1.54, 1.807) is 24.5 Å². The maximum atomic E-state index is 11.8. The lowest BCUT2D eigenvalue weighted by Crippen LogP contribution is -2.25. The molecule has 1 N–H and O–H groups in total. The number of benzene rings is 1. The number of nitrogens with zero attached hydrogens (tertiary/aromatic N) is 1. The van der Waals surface area contributed by atoms with Crippen LogP contribution in [0.2, 0.25) is 0 Å². The summed E-state index contributed by atoms with van der Waals surface area (Å²) in [5.74, 6) is -0.0710. The maximum absolute atomic E-state index is 11.8. The molecule has 0 radical (unpaired) electrons. The molecule has 0 aliphatic carbocycles. The third-order valence-corrected chi connectivity index (χ3v) is 3.05. The summed E-state index contributed by atoms with van der Waals surface area (Å²) in [5, 5.41) is 2.90. The topological polar surface area (TPSA) is 42.0 Å². The van der Waals surface area contributed by atoms with Crippen LogP contribution in [0.25, 0.3) is 0 Å². The molecular weight excluding hydrogens is 236 g/mol. The first-order valence-corrected chi connectivity index (χ1v) is 6.55. The van der Waals surface area contributed by atoms with Crippen molar-refractivity contribution in [2.75, 3.05) is 6.54 Å². The number of aryl methyl sites for hydroxylation is 1. The molecule has 19 heavy (non-hydrogen) atoms. The summed E-state index contributed by atoms with van der Waals surface area (Å²) in [5.41, 5.74) is 3.18. The van der Waals surface area contributed by atoms with E-state index in [0.717, 1.165) is 12.8 Å². The minimum absolute atomic E-state index is 0.0710. The molecule has 0 spiro atoms. The Morgan fingerprint density at radius 1 is 1.16 bits per heavy atom. The largest absolute Gasteiger partial charge is 0.352 e. The van der Waals surface area contributed by atoms with E-state index in [1.165, 1.54) is 11.1 Å². The third kappa shape index (κ3) is 3.91. The van der Waals surface area contributed by atoms with Gasteiger partial charge in [0.25, 0.3) is 5.91 Å². The van der Waals surface area contributed by atoms with Gasteiger partial charge in [0.15, 0.2) is 0 Å². The molecule has 1 aromatic carbocycles. The van der Waals surface area contributed by atoms with Crippen LogP contribution in [0, 0.1) is 0 Å². The van der Waals surface area contributed by atoms with Crippen LogP contribution >= 0.6 is 0 Å². The number of amides is 1. The number of nitrogens with one attached hydrogen (secondary N) is 1.